The molecule has 2 N–H and O–H groups in total. The lowest BCUT2D eigenvalue weighted by molar-refractivity contribution is -0.116. The van der Waals surface area contributed by atoms with Crippen molar-refractivity contribution >= 4 is 11.5 Å². The Hall–Kier alpha value is -1.58. The van der Waals surface area contributed by atoms with Crippen molar-refractivity contribution in [2.45, 2.75) is 41.0 Å². The minimum atomic E-state index is -0.110. The molecule has 0 aromatic carbocycles. The number of likely N-dealkylation sites (N-methyl/N-ethyl adjacent to an activating group) is 1. The SMILES string of the molecule is CCC(=O)C1=CC(C(C)(C)C)=N/C(=C(\C)N)N1C. The van der Waals surface area contributed by atoms with Crippen molar-refractivity contribution in [1.82, 2.24) is 4.90 Å². The molecular weight excluding hydrogens is 226 g/mol. The van der Waals surface area contributed by atoms with Gasteiger partial charge in [0.25, 0.3) is 0 Å². The summed E-state index contributed by atoms with van der Waals surface area (Å²) in [5.41, 5.74) is 7.92. The lowest BCUT2D eigenvalue weighted by Gasteiger charge is -2.31. The van der Waals surface area contributed by atoms with E-state index in [2.05, 4.69) is 25.8 Å². The molecule has 4 heteroatoms. The summed E-state index contributed by atoms with van der Waals surface area (Å²) in [6.45, 7) is 9.88. The molecular formula is C14H23N3O. The summed E-state index contributed by atoms with van der Waals surface area (Å²) in [7, 11) is 1.83. The van der Waals surface area contributed by atoms with Crippen LogP contribution in [0, 0.1) is 5.41 Å². The Kier molecular flexibility index (Phi) is 3.99. The number of hydrogen-bond acceptors (Lipinski definition) is 4. The molecule has 1 rings (SSSR count). The number of hydrogen-bond donors (Lipinski definition) is 1. The van der Waals surface area contributed by atoms with Gasteiger partial charge in [-0.2, -0.15) is 0 Å². The van der Waals surface area contributed by atoms with Crippen molar-refractivity contribution < 1.29 is 4.79 Å². The zero-order chi connectivity index (χ0) is 14.1. The zero-order valence-electron chi connectivity index (χ0n) is 12.2. The van der Waals surface area contributed by atoms with E-state index in [-0.39, 0.29) is 11.2 Å². The Labute approximate surface area is 109 Å². The van der Waals surface area contributed by atoms with Crippen molar-refractivity contribution in [3.05, 3.63) is 23.3 Å². The monoisotopic (exact) mass is 249 g/mol. The van der Waals surface area contributed by atoms with Gasteiger partial charge in [-0.25, -0.2) is 4.99 Å². The molecule has 0 radical (unpaired) electrons. The highest BCUT2D eigenvalue weighted by atomic mass is 16.1. The summed E-state index contributed by atoms with van der Waals surface area (Å²) >= 11 is 0. The average molecular weight is 249 g/mol. The third-order valence-electron chi connectivity index (χ3n) is 2.91. The summed E-state index contributed by atoms with van der Waals surface area (Å²) in [5.74, 6) is 0.770. The molecule has 1 aliphatic rings. The van der Waals surface area contributed by atoms with Gasteiger partial charge in [-0.1, -0.05) is 27.7 Å². The fourth-order valence-corrected chi connectivity index (χ4v) is 1.75. The maximum atomic E-state index is 12.0. The maximum absolute atomic E-state index is 12.0. The lowest BCUT2D eigenvalue weighted by atomic mass is 9.88. The van der Waals surface area contributed by atoms with Crippen molar-refractivity contribution in [1.29, 1.82) is 0 Å². The number of aliphatic imine (C=N–C) groups is 1. The number of ketones is 1. The molecule has 0 fully saturated rings. The highest BCUT2D eigenvalue weighted by Crippen LogP contribution is 2.27. The fourth-order valence-electron chi connectivity index (χ4n) is 1.75. The van der Waals surface area contributed by atoms with E-state index in [4.69, 9.17) is 5.73 Å². The number of nitrogens with two attached hydrogens (primary N) is 1. The van der Waals surface area contributed by atoms with Crippen molar-refractivity contribution in [3.8, 4) is 0 Å². The summed E-state index contributed by atoms with van der Waals surface area (Å²) in [5, 5.41) is 0. The molecule has 0 spiro atoms. The van der Waals surface area contributed by atoms with Crippen LogP contribution < -0.4 is 5.73 Å². The third-order valence-corrected chi connectivity index (χ3v) is 2.91. The summed E-state index contributed by atoms with van der Waals surface area (Å²) in [6.07, 6.45) is 2.35. The molecule has 0 aromatic rings. The molecule has 4 nitrogen and oxygen atoms in total. The van der Waals surface area contributed by atoms with E-state index in [0.717, 1.165) is 5.71 Å². The second-order valence-electron chi connectivity index (χ2n) is 5.62. The largest absolute Gasteiger partial charge is 0.399 e. The minimum absolute atomic E-state index is 0.105. The van der Waals surface area contributed by atoms with E-state index >= 15 is 0 Å². The van der Waals surface area contributed by atoms with Crippen LogP contribution in [0.3, 0.4) is 0 Å². The van der Waals surface area contributed by atoms with Crippen LogP contribution in [0.2, 0.25) is 0 Å². The average Bonchev–Trinajstić information content (AvgIpc) is 2.26. The third kappa shape index (κ3) is 2.81. The van der Waals surface area contributed by atoms with Gasteiger partial charge in [0.2, 0.25) is 0 Å². The van der Waals surface area contributed by atoms with Gasteiger partial charge in [0.05, 0.1) is 11.4 Å². The van der Waals surface area contributed by atoms with E-state index in [1.807, 2.05) is 20.0 Å². The second kappa shape index (κ2) is 4.96. The van der Waals surface area contributed by atoms with Gasteiger partial charge in [0.15, 0.2) is 11.6 Å². The van der Waals surface area contributed by atoms with Crippen LogP contribution in [0.25, 0.3) is 0 Å². The molecule has 0 atom stereocenters. The Balaban J connectivity index is 3.37. The molecule has 0 saturated carbocycles. The molecule has 0 unspecified atom stereocenters. The predicted octanol–water partition coefficient (Wildman–Crippen LogP) is 2.43. The summed E-state index contributed by atoms with van der Waals surface area (Å²) in [6, 6.07) is 0. The first-order chi connectivity index (χ1) is 8.18. The zero-order valence-corrected chi connectivity index (χ0v) is 12.2. The van der Waals surface area contributed by atoms with Crippen LogP contribution in [-0.4, -0.2) is 23.4 Å². The minimum Gasteiger partial charge on any atom is -0.399 e. The van der Waals surface area contributed by atoms with Gasteiger partial charge >= 0.3 is 0 Å². The van der Waals surface area contributed by atoms with Crippen molar-refractivity contribution in [2.24, 2.45) is 16.1 Å². The number of carbonyl (C=O) groups is 1. The van der Waals surface area contributed by atoms with Crippen LogP contribution in [0.4, 0.5) is 0 Å². The van der Waals surface area contributed by atoms with Crippen LogP contribution in [0.5, 0.6) is 0 Å². The Morgan fingerprint density at radius 2 is 2.00 bits per heavy atom. The Bertz CT molecular complexity index is 446. The van der Waals surface area contributed by atoms with E-state index in [9.17, 15) is 4.79 Å². The second-order valence-corrected chi connectivity index (χ2v) is 5.62. The number of allylic oxidation sites excluding steroid dienone is 3. The van der Waals surface area contributed by atoms with Gasteiger partial charge in [0.1, 0.15) is 0 Å². The van der Waals surface area contributed by atoms with Crippen LogP contribution >= 0.6 is 0 Å². The fraction of sp³-hybridized carbons (Fsp3) is 0.571. The smallest absolute Gasteiger partial charge is 0.179 e. The van der Waals surface area contributed by atoms with Crippen molar-refractivity contribution in [3.63, 3.8) is 0 Å². The number of nitrogens with zero attached hydrogens (tertiary/aromatic N) is 2. The maximum Gasteiger partial charge on any atom is 0.179 e. The number of carbonyl (C=O) groups excluding carboxylic acids is 1. The molecule has 0 aromatic heterocycles. The van der Waals surface area contributed by atoms with E-state index in [1.165, 1.54) is 0 Å². The summed E-state index contributed by atoms with van der Waals surface area (Å²) in [4.78, 5) is 18.3. The molecule has 18 heavy (non-hydrogen) atoms. The predicted molar refractivity (Wildman–Crippen MR) is 74.9 cm³/mol. The molecule has 0 bridgehead atoms. The van der Waals surface area contributed by atoms with E-state index < -0.39 is 0 Å². The first-order valence-electron chi connectivity index (χ1n) is 6.22. The van der Waals surface area contributed by atoms with Gasteiger partial charge < -0.3 is 10.6 Å². The molecule has 0 saturated heterocycles. The van der Waals surface area contributed by atoms with E-state index in [1.54, 1.807) is 11.8 Å². The molecule has 1 aliphatic heterocycles. The van der Waals surface area contributed by atoms with Crippen LogP contribution in [0.1, 0.15) is 41.0 Å². The molecule has 0 aliphatic carbocycles. The summed E-state index contributed by atoms with van der Waals surface area (Å²) < 4.78 is 0. The number of Topliss-reactive ketones (excluding diaryl/α,β-unsaturated/α-hetero) is 1. The molecule has 0 amide bonds. The standard InChI is InChI=1S/C14H23N3O/c1-7-11(18)10-8-12(14(3,4)5)16-13(9(2)15)17(10)6/h8H,7,15H2,1-6H3/b13-9-. The molecule has 1 heterocycles. The Morgan fingerprint density at radius 3 is 2.39 bits per heavy atom. The van der Waals surface area contributed by atoms with Crippen LogP contribution in [0.15, 0.2) is 28.3 Å². The van der Waals surface area contributed by atoms with E-state index in [0.29, 0.717) is 23.6 Å². The van der Waals surface area contributed by atoms with Gasteiger partial charge in [0, 0.05) is 24.6 Å². The number of rotatable bonds is 2. The molecule has 100 valence electrons. The highest BCUT2D eigenvalue weighted by Gasteiger charge is 2.27. The van der Waals surface area contributed by atoms with Crippen LogP contribution in [-0.2, 0) is 4.79 Å². The quantitative estimate of drug-likeness (QED) is 0.817. The first kappa shape index (κ1) is 14.5. The first-order valence-corrected chi connectivity index (χ1v) is 6.22. The van der Waals surface area contributed by atoms with Gasteiger partial charge in [-0.05, 0) is 13.0 Å². The normalized spacial score (nSPS) is 19.3. The topological polar surface area (TPSA) is 58.7 Å². The lowest BCUT2D eigenvalue weighted by Crippen LogP contribution is -2.32. The highest BCUT2D eigenvalue weighted by molar-refractivity contribution is 6.08. The van der Waals surface area contributed by atoms with Crippen molar-refractivity contribution in [2.75, 3.05) is 7.05 Å². The van der Waals surface area contributed by atoms with Gasteiger partial charge in [-0.3, -0.25) is 4.79 Å². The van der Waals surface area contributed by atoms with Gasteiger partial charge in [-0.15, -0.1) is 0 Å². The Morgan fingerprint density at radius 1 is 1.44 bits per heavy atom.